The molecule has 15 heavy (non-hydrogen) atoms. The second-order valence-electron chi connectivity index (χ2n) is 3.89. The molecular formula is C13H12N2. The Labute approximate surface area is 88.7 Å². The van der Waals surface area contributed by atoms with Gasteiger partial charge in [0.15, 0.2) is 0 Å². The van der Waals surface area contributed by atoms with Crippen molar-refractivity contribution in [3.63, 3.8) is 0 Å². The van der Waals surface area contributed by atoms with Crippen molar-refractivity contribution < 1.29 is 0 Å². The van der Waals surface area contributed by atoms with Gasteiger partial charge in [-0.25, -0.2) is 0 Å². The number of nitrogens with zero attached hydrogens (tertiary/aromatic N) is 1. The van der Waals surface area contributed by atoms with Gasteiger partial charge in [0, 0.05) is 5.56 Å². The molecule has 1 aromatic heterocycles. The molecule has 2 nitrogen and oxygen atoms in total. The fourth-order valence-electron chi connectivity index (χ4n) is 2.19. The molecule has 1 aliphatic rings. The number of fused-ring (bicyclic) bond motifs is 3. The van der Waals surface area contributed by atoms with Gasteiger partial charge in [-0.15, -0.1) is 0 Å². The molecular weight excluding hydrogens is 184 g/mol. The highest BCUT2D eigenvalue weighted by Gasteiger charge is 2.17. The van der Waals surface area contributed by atoms with Crippen LogP contribution in [0.3, 0.4) is 0 Å². The largest absolute Gasteiger partial charge is 0.278 e. The van der Waals surface area contributed by atoms with Gasteiger partial charge in [-0.3, -0.25) is 5.10 Å². The van der Waals surface area contributed by atoms with Crippen LogP contribution in [0.5, 0.6) is 0 Å². The van der Waals surface area contributed by atoms with E-state index in [-0.39, 0.29) is 0 Å². The van der Waals surface area contributed by atoms with Crippen molar-refractivity contribution in [1.29, 1.82) is 0 Å². The minimum Gasteiger partial charge on any atom is -0.278 e. The van der Waals surface area contributed by atoms with Crippen molar-refractivity contribution in [2.75, 3.05) is 0 Å². The van der Waals surface area contributed by atoms with Crippen LogP contribution in [0.2, 0.25) is 0 Å². The highest BCUT2D eigenvalue weighted by molar-refractivity contribution is 5.71. The van der Waals surface area contributed by atoms with E-state index in [1.165, 1.54) is 27.9 Å². The van der Waals surface area contributed by atoms with Crippen LogP contribution in [0.4, 0.5) is 0 Å². The predicted octanol–water partition coefficient (Wildman–Crippen LogP) is 2.82. The Balaban J connectivity index is 2.22. The Hall–Kier alpha value is -1.83. The van der Waals surface area contributed by atoms with E-state index >= 15 is 0 Å². The molecule has 0 amide bonds. The van der Waals surface area contributed by atoms with Crippen molar-refractivity contribution in [2.45, 2.75) is 12.8 Å². The Bertz CT molecular complexity index is 523. The standard InChI is InChI=1S/C13H12N2/c1-2-9-3-6-12-10(7-9)4-5-11-8-14-15-13(11)12/h2-3,6-8H,1,4-5H2,(H,14,15). The molecule has 0 saturated heterocycles. The summed E-state index contributed by atoms with van der Waals surface area (Å²) in [5, 5.41) is 7.18. The molecule has 0 atom stereocenters. The molecule has 0 saturated carbocycles. The summed E-state index contributed by atoms with van der Waals surface area (Å²) >= 11 is 0. The molecule has 3 rings (SSSR count). The smallest absolute Gasteiger partial charge is 0.0685 e. The molecule has 2 heteroatoms. The van der Waals surface area contributed by atoms with E-state index in [0.29, 0.717) is 0 Å². The average Bonchev–Trinajstić information content (AvgIpc) is 2.76. The topological polar surface area (TPSA) is 28.7 Å². The lowest BCUT2D eigenvalue weighted by Gasteiger charge is -2.15. The third-order valence-electron chi connectivity index (χ3n) is 3.02. The van der Waals surface area contributed by atoms with Gasteiger partial charge in [0.25, 0.3) is 0 Å². The van der Waals surface area contributed by atoms with Crippen molar-refractivity contribution >= 4 is 6.08 Å². The summed E-state index contributed by atoms with van der Waals surface area (Å²) in [7, 11) is 0. The zero-order chi connectivity index (χ0) is 10.3. The summed E-state index contributed by atoms with van der Waals surface area (Å²) in [5.41, 5.74) is 6.39. The van der Waals surface area contributed by atoms with Gasteiger partial charge < -0.3 is 0 Å². The molecule has 1 aliphatic carbocycles. The SMILES string of the molecule is C=Cc1ccc2c(c1)CCc1cn[nH]c1-2. The minimum atomic E-state index is 1.08. The number of aromatic amines is 1. The number of aryl methyl sites for hydroxylation is 2. The Morgan fingerprint density at radius 3 is 3.00 bits per heavy atom. The number of hydrogen-bond acceptors (Lipinski definition) is 1. The molecule has 1 heterocycles. The number of nitrogens with one attached hydrogen (secondary N) is 1. The monoisotopic (exact) mass is 196 g/mol. The van der Waals surface area contributed by atoms with Crippen molar-refractivity contribution in [3.05, 3.63) is 47.7 Å². The molecule has 0 fully saturated rings. The fourth-order valence-corrected chi connectivity index (χ4v) is 2.19. The molecule has 0 spiro atoms. The number of benzene rings is 1. The van der Waals surface area contributed by atoms with Crippen LogP contribution in [0, 0.1) is 0 Å². The molecule has 1 aromatic carbocycles. The molecule has 0 bridgehead atoms. The number of H-pyrrole nitrogens is 1. The molecule has 74 valence electrons. The lowest BCUT2D eigenvalue weighted by atomic mass is 9.89. The summed E-state index contributed by atoms with van der Waals surface area (Å²) in [4.78, 5) is 0. The van der Waals surface area contributed by atoms with E-state index in [1.807, 2.05) is 12.3 Å². The zero-order valence-electron chi connectivity index (χ0n) is 8.46. The Morgan fingerprint density at radius 1 is 1.27 bits per heavy atom. The molecule has 0 aliphatic heterocycles. The van der Waals surface area contributed by atoms with Gasteiger partial charge in [-0.05, 0) is 29.5 Å². The van der Waals surface area contributed by atoms with Gasteiger partial charge in [-0.2, -0.15) is 5.10 Å². The maximum Gasteiger partial charge on any atom is 0.0685 e. The van der Waals surface area contributed by atoms with Crippen LogP contribution in [0.25, 0.3) is 17.3 Å². The third kappa shape index (κ3) is 1.22. The second kappa shape index (κ2) is 3.09. The van der Waals surface area contributed by atoms with Gasteiger partial charge in [-0.1, -0.05) is 30.9 Å². The van der Waals surface area contributed by atoms with Crippen LogP contribution >= 0.6 is 0 Å². The van der Waals surface area contributed by atoms with Crippen molar-refractivity contribution in [2.24, 2.45) is 0 Å². The van der Waals surface area contributed by atoms with Crippen LogP contribution in [-0.2, 0) is 12.8 Å². The molecule has 1 N–H and O–H groups in total. The quantitative estimate of drug-likeness (QED) is 0.746. The second-order valence-corrected chi connectivity index (χ2v) is 3.89. The van der Waals surface area contributed by atoms with Crippen molar-refractivity contribution in [1.82, 2.24) is 10.2 Å². The first-order chi connectivity index (χ1) is 7.38. The summed E-state index contributed by atoms with van der Waals surface area (Å²) in [6.45, 7) is 3.79. The molecule has 2 aromatic rings. The maximum atomic E-state index is 4.10. The zero-order valence-corrected chi connectivity index (χ0v) is 8.46. The summed E-state index contributed by atoms with van der Waals surface area (Å²) in [6, 6.07) is 6.47. The number of hydrogen-bond donors (Lipinski definition) is 1. The summed E-state index contributed by atoms with van der Waals surface area (Å²) < 4.78 is 0. The van der Waals surface area contributed by atoms with E-state index in [2.05, 4.69) is 35.0 Å². The first kappa shape index (κ1) is 8.48. The van der Waals surface area contributed by atoms with Crippen molar-refractivity contribution in [3.8, 4) is 11.3 Å². The maximum absolute atomic E-state index is 4.10. The highest BCUT2D eigenvalue weighted by Crippen LogP contribution is 2.32. The minimum absolute atomic E-state index is 1.08. The van der Waals surface area contributed by atoms with E-state index in [1.54, 1.807) is 0 Å². The summed E-state index contributed by atoms with van der Waals surface area (Å²) in [6.07, 6.45) is 6.01. The first-order valence-corrected chi connectivity index (χ1v) is 5.16. The Kier molecular flexibility index (Phi) is 1.75. The van der Waals surface area contributed by atoms with Crippen LogP contribution in [0.1, 0.15) is 16.7 Å². The lowest BCUT2D eigenvalue weighted by Crippen LogP contribution is -2.02. The molecule has 0 unspecified atom stereocenters. The lowest BCUT2D eigenvalue weighted by molar-refractivity contribution is 0.941. The average molecular weight is 196 g/mol. The summed E-state index contributed by atoms with van der Waals surface area (Å²) in [5.74, 6) is 0. The van der Waals surface area contributed by atoms with E-state index < -0.39 is 0 Å². The van der Waals surface area contributed by atoms with E-state index in [4.69, 9.17) is 0 Å². The van der Waals surface area contributed by atoms with Crippen LogP contribution < -0.4 is 0 Å². The fraction of sp³-hybridized carbons (Fsp3) is 0.154. The van der Waals surface area contributed by atoms with Crippen LogP contribution in [0.15, 0.2) is 31.0 Å². The third-order valence-corrected chi connectivity index (χ3v) is 3.02. The normalized spacial score (nSPS) is 13.1. The van der Waals surface area contributed by atoms with Crippen LogP contribution in [-0.4, -0.2) is 10.2 Å². The number of rotatable bonds is 1. The van der Waals surface area contributed by atoms with Gasteiger partial charge >= 0.3 is 0 Å². The van der Waals surface area contributed by atoms with E-state index in [0.717, 1.165) is 12.8 Å². The number of aromatic nitrogens is 2. The van der Waals surface area contributed by atoms with Gasteiger partial charge in [0.1, 0.15) is 0 Å². The van der Waals surface area contributed by atoms with Gasteiger partial charge in [0.2, 0.25) is 0 Å². The predicted molar refractivity (Wildman–Crippen MR) is 61.5 cm³/mol. The van der Waals surface area contributed by atoms with Gasteiger partial charge in [0.05, 0.1) is 11.9 Å². The highest BCUT2D eigenvalue weighted by atomic mass is 15.1. The first-order valence-electron chi connectivity index (χ1n) is 5.16. The molecule has 0 radical (unpaired) electrons. The van der Waals surface area contributed by atoms with E-state index in [9.17, 15) is 0 Å². The Morgan fingerprint density at radius 2 is 2.13 bits per heavy atom.